The Bertz CT molecular complexity index is 482. The second-order valence-corrected chi connectivity index (χ2v) is 6.77. The molecule has 1 heterocycles. The standard InChI is InChI=1S/C17H25ClN2O2/c1-12(2)19-16(21)11-20-9-7-14(8-10-20)17(22)13-3-5-15(18)6-4-13/h3-6,12,14,17,22H,7-11H2,1-2H3,(H,19,21). The summed E-state index contributed by atoms with van der Waals surface area (Å²) >= 11 is 5.88. The predicted octanol–water partition coefficient (Wildman–Crippen LogP) is 2.61. The molecule has 22 heavy (non-hydrogen) atoms. The molecule has 0 aromatic heterocycles. The van der Waals surface area contributed by atoms with Gasteiger partial charge in [-0.3, -0.25) is 9.69 Å². The summed E-state index contributed by atoms with van der Waals surface area (Å²) in [4.78, 5) is 13.9. The summed E-state index contributed by atoms with van der Waals surface area (Å²) in [7, 11) is 0. The summed E-state index contributed by atoms with van der Waals surface area (Å²) in [6, 6.07) is 7.57. The van der Waals surface area contributed by atoms with Crippen LogP contribution >= 0.6 is 11.6 Å². The highest BCUT2D eigenvalue weighted by molar-refractivity contribution is 6.30. The number of piperidine rings is 1. The van der Waals surface area contributed by atoms with Gasteiger partial charge in [-0.1, -0.05) is 23.7 Å². The van der Waals surface area contributed by atoms with Gasteiger partial charge in [-0.15, -0.1) is 0 Å². The lowest BCUT2D eigenvalue weighted by atomic mass is 9.87. The molecule has 1 unspecified atom stereocenters. The lowest BCUT2D eigenvalue weighted by molar-refractivity contribution is -0.123. The van der Waals surface area contributed by atoms with Gasteiger partial charge in [0.2, 0.25) is 5.91 Å². The minimum atomic E-state index is -0.455. The third-order valence-corrected chi connectivity index (χ3v) is 4.36. The molecule has 1 aromatic rings. The Morgan fingerprint density at radius 3 is 2.45 bits per heavy atom. The quantitative estimate of drug-likeness (QED) is 0.875. The highest BCUT2D eigenvalue weighted by Crippen LogP contribution is 2.31. The molecule has 1 atom stereocenters. The minimum Gasteiger partial charge on any atom is -0.388 e. The zero-order valence-electron chi connectivity index (χ0n) is 13.3. The Morgan fingerprint density at radius 1 is 1.32 bits per heavy atom. The van der Waals surface area contributed by atoms with E-state index >= 15 is 0 Å². The molecule has 2 rings (SSSR count). The third-order valence-electron chi connectivity index (χ3n) is 4.11. The molecule has 1 fully saturated rings. The maximum atomic E-state index is 11.8. The number of benzene rings is 1. The van der Waals surface area contributed by atoms with Gasteiger partial charge < -0.3 is 10.4 Å². The molecular weight excluding hydrogens is 300 g/mol. The number of aliphatic hydroxyl groups excluding tert-OH is 1. The second kappa shape index (κ2) is 7.95. The molecular formula is C17H25ClN2O2. The number of carbonyl (C=O) groups is 1. The van der Waals surface area contributed by atoms with Crippen LogP contribution in [0.1, 0.15) is 38.4 Å². The van der Waals surface area contributed by atoms with E-state index in [1.54, 1.807) is 0 Å². The smallest absolute Gasteiger partial charge is 0.234 e. The number of hydrogen-bond donors (Lipinski definition) is 2. The van der Waals surface area contributed by atoms with Gasteiger partial charge >= 0.3 is 0 Å². The molecule has 122 valence electrons. The van der Waals surface area contributed by atoms with E-state index in [9.17, 15) is 9.90 Å². The minimum absolute atomic E-state index is 0.0756. The molecule has 4 nitrogen and oxygen atoms in total. The van der Waals surface area contributed by atoms with Crippen molar-refractivity contribution in [3.63, 3.8) is 0 Å². The van der Waals surface area contributed by atoms with Crippen molar-refractivity contribution in [3.8, 4) is 0 Å². The van der Waals surface area contributed by atoms with E-state index in [2.05, 4.69) is 10.2 Å². The zero-order valence-corrected chi connectivity index (χ0v) is 14.0. The molecule has 1 saturated heterocycles. The van der Waals surface area contributed by atoms with Gasteiger partial charge in [-0.25, -0.2) is 0 Å². The lowest BCUT2D eigenvalue weighted by Crippen LogP contribution is -2.43. The highest BCUT2D eigenvalue weighted by Gasteiger charge is 2.27. The van der Waals surface area contributed by atoms with E-state index in [1.807, 2.05) is 38.1 Å². The first kappa shape index (κ1) is 17.3. The summed E-state index contributed by atoms with van der Waals surface area (Å²) in [5, 5.41) is 14.1. The zero-order chi connectivity index (χ0) is 16.1. The molecule has 1 aromatic carbocycles. The van der Waals surface area contributed by atoms with Gasteiger partial charge in [-0.05, 0) is 63.4 Å². The summed E-state index contributed by atoms with van der Waals surface area (Å²) in [5.74, 6) is 0.317. The lowest BCUT2D eigenvalue weighted by Gasteiger charge is -2.34. The Labute approximate surface area is 137 Å². The average molecular weight is 325 g/mol. The average Bonchev–Trinajstić information content (AvgIpc) is 2.47. The van der Waals surface area contributed by atoms with Crippen LogP contribution in [0.2, 0.25) is 5.02 Å². The van der Waals surface area contributed by atoms with Gasteiger partial charge in [0.1, 0.15) is 0 Å². The van der Waals surface area contributed by atoms with E-state index in [1.165, 1.54) is 0 Å². The second-order valence-electron chi connectivity index (χ2n) is 6.33. The molecule has 0 aliphatic carbocycles. The van der Waals surface area contributed by atoms with Gasteiger partial charge in [0.25, 0.3) is 0 Å². The van der Waals surface area contributed by atoms with E-state index in [-0.39, 0.29) is 17.9 Å². The summed E-state index contributed by atoms with van der Waals surface area (Å²) in [5.41, 5.74) is 0.917. The van der Waals surface area contributed by atoms with Crippen LogP contribution in [0.5, 0.6) is 0 Å². The molecule has 1 amide bonds. The molecule has 0 radical (unpaired) electrons. The summed E-state index contributed by atoms with van der Waals surface area (Å²) < 4.78 is 0. The molecule has 1 aliphatic rings. The number of rotatable bonds is 5. The Balaban J connectivity index is 1.81. The predicted molar refractivity (Wildman–Crippen MR) is 88.9 cm³/mol. The van der Waals surface area contributed by atoms with Crippen molar-refractivity contribution in [2.45, 2.75) is 38.8 Å². The monoisotopic (exact) mass is 324 g/mol. The van der Waals surface area contributed by atoms with Gasteiger partial charge in [0, 0.05) is 11.1 Å². The van der Waals surface area contributed by atoms with Crippen LogP contribution < -0.4 is 5.32 Å². The maximum Gasteiger partial charge on any atom is 0.234 e. The molecule has 1 aliphatic heterocycles. The van der Waals surface area contributed by atoms with E-state index in [0.29, 0.717) is 11.6 Å². The van der Waals surface area contributed by atoms with Crippen LogP contribution in [-0.2, 0) is 4.79 Å². The fourth-order valence-corrected chi connectivity index (χ4v) is 3.06. The largest absolute Gasteiger partial charge is 0.388 e. The van der Waals surface area contributed by atoms with Crippen molar-refractivity contribution < 1.29 is 9.90 Å². The molecule has 2 N–H and O–H groups in total. The molecule has 0 saturated carbocycles. The number of carbonyl (C=O) groups excluding carboxylic acids is 1. The van der Waals surface area contributed by atoms with Crippen LogP contribution in [0.25, 0.3) is 0 Å². The normalized spacial score (nSPS) is 18.4. The maximum absolute atomic E-state index is 11.8. The fraction of sp³-hybridized carbons (Fsp3) is 0.588. The molecule has 0 spiro atoms. The number of aliphatic hydroxyl groups is 1. The van der Waals surface area contributed by atoms with Crippen LogP contribution in [-0.4, -0.2) is 41.6 Å². The Kier molecular flexibility index (Phi) is 6.24. The van der Waals surface area contributed by atoms with Gasteiger partial charge in [0.05, 0.1) is 12.6 Å². The third kappa shape index (κ3) is 4.97. The van der Waals surface area contributed by atoms with Crippen molar-refractivity contribution in [1.82, 2.24) is 10.2 Å². The number of likely N-dealkylation sites (tertiary alicyclic amines) is 1. The Hall–Kier alpha value is -1.10. The van der Waals surface area contributed by atoms with Crippen molar-refractivity contribution >= 4 is 17.5 Å². The van der Waals surface area contributed by atoms with Crippen LogP contribution in [0.4, 0.5) is 0 Å². The van der Waals surface area contributed by atoms with Gasteiger partial charge in [0.15, 0.2) is 0 Å². The molecule has 5 heteroatoms. The van der Waals surface area contributed by atoms with Crippen LogP contribution in [0.15, 0.2) is 24.3 Å². The van der Waals surface area contributed by atoms with Crippen LogP contribution in [0.3, 0.4) is 0 Å². The van der Waals surface area contributed by atoms with Crippen LogP contribution in [0, 0.1) is 5.92 Å². The van der Waals surface area contributed by atoms with E-state index < -0.39 is 6.10 Å². The van der Waals surface area contributed by atoms with Gasteiger partial charge in [-0.2, -0.15) is 0 Å². The van der Waals surface area contributed by atoms with Crippen molar-refractivity contribution in [2.75, 3.05) is 19.6 Å². The summed E-state index contributed by atoms with van der Waals surface area (Å²) in [6.45, 7) is 6.07. The first-order valence-corrected chi connectivity index (χ1v) is 8.28. The number of amides is 1. The number of hydrogen-bond acceptors (Lipinski definition) is 3. The highest BCUT2D eigenvalue weighted by atomic mass is 35.5. The Morgan fingerprint density at radius 2 is 1.91 bits per heavy atom. The topological polar surface area (TPSA) is 52.6 Å². The fourth-order valence-electron chi connectivity index (χ4n) is 2.93. The van der Waals surface area contributed by atoms with E-state index in [0.717, 1.165) is 31.5 Å². The first-order valence-electron chi connectivity index (χ1n) is 7.91. The van der Waals surface area contributed by atoms with Crippen molar-refractivity contribution in [1.29, 1.82) is 0 Å². The van der Waals surface area contributed by atoms with E-state index in [4.69, 9.17) is 11.6 Å². The van der Waals surface area contributed by atoms with Crippen molar-refractivity contribution in [3.05, 3.63) is 34.9 Å². The number of halogens is 1. The van der Waals surface area contributed by atoms with Crippen molar-refractivity contribution in [2.24, 2.45) is 5.92 Å². The molecule has 0 bridgehead atoms. The number of nitrogens with one attached hydrogen (secondary N) is 1. The summed E-state index contributed by atoms with van der Waals surface area (Å²) in [6.07, 6.45) is 1.35. The SMILES string of the molecule is CC(C)NC(=O)CN1CCC(C(O)c2ccc(Cl)cc2)CC1. The first-order chi connectivity index (χ1) is 10.5. The number of nitrogens with zero attached hydrogens (tertiary/aromatic N) is 1.